The molecule has 0 aliphatic heterocycles. The molecule has 1 aromatic heterocycles. The van der Waals surface area contributed by atoms with Crippen LogP contribution in [0.4, 0.5) is 5.69 Å². The predicted octanol–water partition coefficient (Wildman–Crippen LogP) is 8.35. The molecule has 0 atom stereocenters. The molecule has 3 aromatic carbocycles. The summed E-state index contributed by atoms with van der Waals surface area (Å²) in [6.45, 7) is 0. The summed E-state index contributed by atoms with van der Waals surface area (Å²) in [5.41, 5.74) is 4.05. The smallest absolute Gasteiger partial charge is 0.256 e. The SMILES string of the molecule is CSc1ccc(C(=O)Nc2ccc(Cl)c(-c3ccccn3)c2)c(-c2ccc(Cl)cc2Cl)c1. The lowest BCUT2D eigenvalue weighted by molar-refractivity contribution is 0.102. The molecule has 0 unspecified atom stereocenters. The van der Waals surface area contributed by atoms with E-state index in [9.17, 15) is 4.79 Å². The average Bonchev–Trinajstić information content (AvgIpc) is 2.80. The second-order valence-electron chi connectivity index (χ2n) is 6.90. The minimum absolute atomic E-state index is 0.257. The Balaban J connectivity index is 1.72. The van der Waals surface area contributed by atoms with Gasteiger partial charge in [0, 0.05) is 43.5 Å². The Labute approximate surface area is 205 Å². The lowest BCUT2D eigenvalue weighted by Crippen LogP contribution is -2.13. The van der Waals surface area contributed by atoms with Crippen LogP contribution in [-0.4, -0.2) is 17.1 Å². The molecule has 4 aromatic rings. The number of nitrogens with one attached hydrogen (secondary N) is 1. The van der Waals surface area contributed by atoms with Crippen molar-refractivity contribution >= 4 is 58.2 Å². The summed E-state index contributed by atoms with van der Waals surface area (Å²) in [5, 5.41) is 4.54. The standard InChI is InChI=1S/C25H17Cl3N2OS/c1-32-17-7-9-19(20(14-17)18-8-5-15(26)12-23(18)28)25(31)30-16-6-10-22(27)21(13-16)24-4-2-3-11-29-24/h2-14H,1H3,(H,30,31). The fourth-order valence-corrected chi connectivity index (χ4v) is 4.46. The third-order valence-electron chi connectivity index (χ3n) is 4.86. The van der Waals surface area contributed by atoms with Crippen LogP contribution in [0.25, 0.3) is 22.4 Å². The molecule has 1 N–H and O–H groups in total. The number of carbonyl (C=O) groups is 1. The van der Waals surface area contributed by atoms with Crippen molar-refractivity contribution in [2.24, 2.45) is 0 Å². The highest BCUT2D eigenvalue weighted by Gasteiger charge is 2.17. The van der Waals surface area contributed by atoms with E-state index in [1.54, 1.807) is 48.3 Å². The maximum atomic E-state index is 13.3. The average molecular weight is 500 g/mol. The summed E-state index contributed by atoms with van der Waals surface area (Å²) in [7, 11) is 0. The van der Waals surface area contributed by atoms with Gasteiger partial charge in [0.15, 0.2) is 0 Å². The monoisotopic (exact) mass is 498 g/mol. The molecule has 32 heavy (non-hydrogen) atoms. The number of carbonyl (C=O) groups excluding carboxylic acids is 1. The maximum Gasteiger partial charge on any atom is 0.256 e. The number of amides is 1. The molecule has 0 radical (unpaired) electrons. The Morgan fingerprint density at radius 2 is 1.69 bits per heavy atom. The van der Waals surface area contributed by atoms with Gasteiger partial charge in [-0.3, -0.25) is 9.78 Å². The van der Waals surface area contributed by atoms with Gasteiger partial charge >= 0.3 is 0 Å². The van der Waals surface area contributed by atoms with Crippen molar-refractivity contribution in [1.29, 1.82) is 0 Å². The molecule has 160 valence electrons. The number of aromatic nitrogens is 1. The molecule has 1 heterocycles. The Kier molecular flexibility index (Phi) is 7.07. The number of hydrogen-bond acceptors (Lipinski definition) is 3. The second kappa shape index (κ2) is 9.97. The molecule has 3 nitrogen and oxygen atoms in total. The number of hydrogen-bond donors (Lipinski definition) is 1. The Morgan fingerprint density at radius 1 is 0.844 bits per heavy atom. The highest BCUT2D eigenvalue weighted by Crippen LogP contribution is 2.35. The van der Waals surface area contributed by atoms with Crippen LogP contribution in [0.1, 0.15) is 10.4 Å². The zero-order chi connectivity index (χ0) is 22.7. The lowest BCUT2D eigenvalue weighted by Gasteiger charge is -2.14. The largest absolute Gasteiger partial charge is 0.322 e. The summed E-state index contributed by atoms with van der Waals surface area (Å²) in [6.07, 6.45) is 3.68. The van der Waals surface area contributed by atoms with Crippen molar-refractivity contribution in [2.75, 3.05) is 11.6 Å². The first kappa shape index (κ1) is 22.7. The van der Waals surface area contributed by atoms with Gasteiger partial charge in [0.05, 0.1) is 10.7 Å². The highest BCUT2D eigenvalue weighted by molar-refractivity contribution is 7.98. The summed E-state index contributed by atoms with van der Waals surface area (Å²) < 4.78 is 0. The van der Waals surface area contributed by atoms with E-state index in [1.807, 2.05) is 48.7 Å². The van der Waals surface area contributed by atoms with Crippen LogP contribution < -0.4 is 5.32 Å². The van der Waals surface area contributed by atoms with E-state index in [-0.39, 0.29) is 5.91 Å². The quantitative estimate of drug-likeness (QED) is 0.280. The van der Waals surface area contributed by atoms with Gasteiger partial charge < -0.3 is 5.32 Å². The van der Waals surface area contributed by atoms with Gasteiger partial charge in [0.1, 0.15) is 0 Å². The second-order valence-corrected chi connectivity index (χ2v) is 9.03. The normalized spacial score (nSPS) is 10.8. The molecule has 0 aliphatic carbocycles. The van der Waals surface area contributed by atoms with Gasteiger partial charge in [-0.25, -0.2) is 0 Å². The summed E-state index contributed by atoms with van der Waals surface area (Å²) in [6, 6.07) is 21.8. The molecule has 7 heteroatoms. The van der Waals surface area contributed by atoms with E-state index in [2.05, 4.69) is 10.3 Å². The van der Waals surface area contributed by atoms with Crippen molar-refractivity contribution in [3.63, 3.8) is 0 Å². The van der Waals surface area contributed by atoms with Crippen molar-refractivity contribution in [1.82, 2.24) is 4.98 Å². The molecule has 4 rings (SSSR count). The third kappa shape index (κ3) is 4.94. The minimum atomic E-state index is -0.257. The van der Waals surface area contributed by atoms with Crippen molar-refractivity contribution < 1.29 is 4.79 Å². The number of anilines is 1. The van der Waals surface area contributed by atoms with Crippen molar-refractivity contribution in [2.45, 2.75) is 4.90 Å². The summed E-state index contributed by atoms with van der Waals surface area (Å²) >= 11 is 20.5. The van der Waals surface area contributed by atoms with Crippen LogP contribution >= 0.6 is 46.6 Å². The van der Waals surface area contributed by atoms with E-state index >= 15 is 0 Å². The van der Waals surface area contributed by atoms with Gasteiger partial charge in [0.25, 0.3) is 5.91 Å². The first-order valence-corrected chi connectivity index (χ1v) is 12.0. The van der Waals surface area contributed by atoms with Crippen LogP contribution in [0, 0.1) is 0 Å². The molecule has 0 fully saturated rings. The van der Waals surface area contributed by atoms with E-state index in [0.717, 1.165) is 27.3 Å². The van der Waals surface area contributed by atoms with Gasteiger partial charge in [0.2, 0.25) is 0 Å². The molecule has 0 aliphatic rings. The van der Waals surface area contributed by atoms with E-state index in [4.69, 9.17) is 34.8 Å². The number of nitrogens with zero attached hydrogens (tertiary/aromatic N) is 1. The van der Waals surface area contributed by atoms with Gasteiger partial charge in [-0.1, -0.05) is 46.9 Å². The van der Waals surface area contributed by atoms with Crippen LogP contribution in [0.15, 0.2) is 83.9 Å². The predicted molar refractivity (Wildman–Crippen MR) is 136 cm³/mol. The van der Waals surface area contributed by atoms with Crippen molar-refractivity contribution in [3.05, 3.63) is 99.6 Å². The van der Waals surface area contributed by atoms with Crippen LogP contribution in [0.5, 0.6) is 0 Å². The fraction of sp³-hybridized carbons (Fsp3) is 0.0400. The van der Waals surface area contributed by atoms with Gasteiger partial charge in [-0.15, -0.1) is 11.8 Å². The molecular weight excluding hydrogens is 483 g/mol. The summed E-state index contributed by atoms with van der Waals surface area (Å²) in [5.74, 6) is -0.257. The Morgan fingerprint density at radius 3 is 2.41 bits per heavy atom. The Hall–Kier alpha value is -2.50. The van der Waals surface area contributed by atoms with Crippen molar-refractivity contribution in [3.8, 4) is 22.4 Å². The van der Waals surface area contributed by atoms with Crippen LogP contribution in [-0.2, 0) is 0 Å². The minimum Gasteiger partial charge on any atom is -0.322 e. The van der Waals surface area contributed by atoms with E-state index in [1.165, 1.54) is 0 Å². The summed E-state index contributed by atoms with van der Waals surface area (Å²) in [4.78, 5) is 18.7. The molecule has 1 amide bonds. The fourth-order valence-electron chi connectivity index (χ4n) is 3.30. The number of pyridine rings is 1. The molecule has 0 saturated heterocycles. The zero-order valence-electron chi connectivity index (χ0n) is 16.9. The van der Waals surface area contributed by atoms with E-state index < -0.39 is 0 Å². The third-order valence-corrected chi connectivity index (χ3v) is 6.46. The number of thioether (sulfide) groups is 1. The first-order valence-electron chi connectivity index (χ1n) is 9.62. The molecule has 0 saturated carbocycles. The first-order chi connectivity index (χ1) is 15.5. The number of rotatable bonds is 5. The van der Waals surface area contributed by atoms with Crippen LogP contribution in [0.3, 0.4) is 0 Å². The maximum absolute atomic E-state index is 13.3. The molecule has 0 spiro atoms. The van der Waals surface area contributed by atoms with Gasteiger partial charge in [-0.05, 0) is 72.5 Å². The van der Waals surface area contributed by atoms with Crippen LogP contribution in [0.2, 0.25) is 15.1 Å². The number of halogens is 3. The van der Waals surface area contributed by atoms with Gasteiger partial charge in [-0.2, -0.15) is 0 Å². The topological polar surface area (TPSA) is 42.0 Å². The molecular formula is C25H17Cl3N2OS. The van der Waals surface area contributed by atoms with E-state index in [0.29, 0.717) is 26.3 Å². The Bertz CT molecular complexity index is 1300. The highest BCUT2D eigenvalue weighted by atomic mass is 35.5. The lowest BCUT2D eigenvalue weighted by atomic mass is 9.99. The number of benzene rings is 3. The molecule has 0 bridgehead atoms. The zero-order valence-corrected chi connectivity index (χ0v) is 20.0.